The topological polar surface area (TPSA) is 54.4 Å². The standard InChI is InChI=1S/F2O2S.HOSi/c1-5(2,3)4;1-2/h;1H. The molecule has 0 aromatic rings. The Morgan fingerprint density at radius 2 is 1.29 bits per heavy atom. The van der Waals surface area contributed by atoms with Crippen molar-refractivity contribution in [3.8, 4) is 0 Å². The van der Waals surface area contributed by atoms with E-state index in [-0.39, 0.29) is 0 Å². The second kappa shape index (κ2) is 4.15. The highest BCUT2D eigenvalue weighted by Crippen LogP contribution is 1.85. The maximum atomic E-state index is 9.99. The molecule has 3 radical (unpaired) electrons. The lowest BCUT2D eigenvalue weighted by Gasteiger charge is -1.57. The highest BCUT2D eigenvalue weighted by molar-refractivity contribution is 7.81. The third kappa shape index (κ3) is 553000. The van der Waals surface area contributed by atoms with Gasteiger partial charge in [0, 0.05) is 0 Å². The van der Waals surface area contributed by atoms with Crippen molar-refractivity contribution in [2.45, 2.75) is 0 Å². The molecule has 0 aromatic heterocycles. The SMILES string of the molecule is O=S(=O)(F)F.O[Si]. The third-order valence-electron chi connectivity index (χ3n) is 0. The van der Waals surface area contributed by atoms with Gasteiger partial charge in [0.1, 0.15) is 0 Å². The summed E-state index contributed by atoms with van der Waals surface area (Å²) in [6.45, 7) is 0. The largest absolute Gasteiger partial charge is 0.476 e. The lowest BCUT2D eigenvalue weighted by atomic mass is 15.9. The molecule has 0 aromatic carbocycles. The summed E-state index contributed by atoms with van der Waals surface area (Å²) < 4.78 is 36.6. The molecule has 0 aliphatic carbocycles. The average Bonchev–Trinajstić information content (AvgIpc) is 1.36. The lowest BCUT2D eigenvalue weighted by Crippen LogP contribution is -1.69. The van der Waals surface area contributed by atoms with E-state index in [1.54, 1.807) is 0 Å². The van der Waals surface area contributed by atoms with Gasteiger partial charge < -0.3 is 4.80 Å². The van der Waals surface area contributed by atoms with Gasteiger partial charge in [0.2, 0.25) is 10.5 Å². The maximum absolute atomic E-state index is 9.99. The van der Waals surface area contributed by atoms with Crippen LogP contribution in [0.3, 0.4) is 0 Å². The Hall–Kier alpha value is -0.0131. The molecule has 0 aliphatic heterocycles. The summed E-state index contributed by atoms with van der Waals surface area (Å²) in [6.07, 6.45) is 0. The van der Waals surface area contributed by atoms with Gasteiger partial charge in [-0.05, 0) is 0 Å². The van der Waals surface area contributed by atoms with Crippen LogP contribution in [0.2, 0.25) is 0 Å². The molecular weight excluding hydrogens is 146 g/mol. The second-order valence-electron chi connectivity index (χ2n) is 0.378. The van der Waals surface area contributed by atoms with E-state index in [1.165, 1.54) is 0 Å². The minimum absolute atomic E-state index is 1.97. The predicted octanol–water partition coefficient (Wildman–Crippen LogP) is -0.768. The van der Waals surface area contributed by atoms with E-state index in [0.29, 0.717) is 0 Å². The number of hydrogen-bond donors (Lipinski definition) is 1. The van der Waals surface area contributed by atoms with E-state index >= 15 is 0 Å². The molecule has 1 N–H and O–H groups in total. The van der Waals surface area contributed by atoms with E-state index in [4.69, 9.17) is 13.2 Å². The van der Waals surface area contributed by atoms with E-state index in [9.17, 15) is 7.77 Å². The van der Waals surface area contributed by atoms with Crippen molar-refractivity contribution in [2.24, 2.45) is 0 Å². The van der Waals surface area contributed by atoms with E-state index in [2.05, 4.69) is 0 Å². The average molecular weight is 147 g/mol. The van der Waals surface area contributed by atoms with Gasteiger partial charge in [0.25, 0.3) is 0 Å². The molecule has 3 nitrogen and oxygen atoms in total. The number of halogens is 2. The first-order valence-electron chi connectivity index (χ1n) is 0.866. The van der Waals surface area contributed by atoms with E-state index < -0.39 is 10.6 Å². The van der Waals surface area contributed by atoms with Crippen LogP contribution >= 0.6 is 0 Å². The molecule has 43 valence electrons. The number of hydrogen-bond acceptors (Lipinski definition) is 3. The smallest absolute Gasteiger partial charge is 0.433 e. The molecule has 7 heteroatoms. The van der Waals surface area contributed by atoms with Crippen LogP contribution in [0.5, 0.6) is 0 Å². The Morgan fingerprint density at radius 1 is 1.29 bits per heavy atom. The van der Waals surface area contributed by atoms with Crippen LogP contribution in [0, 0.1) is 0 Å². The zero-order valence-corrected chi connectivity index (χ0v) is 4.74. The van der Waals surface area contributed by atoms with Crippen molar-refractivity contribution < 1.29 is 21.0 Å². The van der Waals surface area contributed by atoms with Crippen LogP contribution in [0.4, 0.5) is 7.77 Å². The van der Waals surface area contributed by atoms with Crippen LogP contribution in [0.15, 0.2) is 0 Å². The fourth-order valence-corrected chi connectivity index (χ4v) is 0. The first-order valence-corrected chi connectivity index (χ1v) is 2.60. The van der Waals surface area contributed by atoms with Crippen molar-refractivity contribution in [1.82, 2.24) is 0 Å². The molecule has 0 atom stereocenters. The van der Waals surface area contributed by atoms with Crippen molar-refractivity contribution >= 4 is 21.1 Å². The molecule has 0 heterocycles. The van der Waals surface area contributed by atoms with Crippen molar-refractivity contribution in [3.05, 3.63) is 0 Å². The molecule has 0 fully saturated rings. The highest BCUT2D eigenvalue weighted by Gasteiger charge is 1.94. The van der Waals surface area contributed by atoms with Gasteiger partial charge in [-0.1, -0.05) is 7.77 Å². The van der Waals surface area contributed by atoms with Gasteiger partial charge in [-0.15, -0.1) is 0 Å². The lowest BCUT2D eigenvalue weighted by molar-refractivity contribution is 0.501. The summed E-state index contributed by atoms with van der Waals surface area (Å²) in [6, 6.07) is 0. The van der Waals surface area contributed by atoms with Gasteiger partial charge in [0.05, 0.1) is 0 Å². The van der Waals surface area contributed by atoms with Crippen molar-refractivity contribution in [2.75, 3.05) is 0 Å². The quantitative estimate of drug-likeness (QED) is 0.361. The Labute approximate surface area is 43.0 Å². The van der Waals surface area contributed by atoms with E-state index in [1.807, 2.05) is 10.5 Å². The molecule has 7 heavy (non-hydrogen) atoms. The molecule has 0 bridgehead atoms. The predicted molar refractivity (Wildman–Crippen MR) is 19.1 cm³/mol. The van der Waals surface area contributed by atoms with Crippen molar-refractivity contribution in [3.63, 3.8) is 0 Å². The zero-order chi connectivity index (χ0) is 6.50. The van der Waals surface area contributed by atoms with Gasteiger partial charge in [0.15, 0.2) is 0 Å². The highest BCUT2D eigenvalue weighted by atomic mass is 32.3. The van der Waals surface area contributed by atoms with Gasteiger partial charge in [-0.3, -0.25) is 0 Å². The maximum Gasteiger partial charge on any atom is 0.476 e. The van der Waals surface area contributed by atoms with Gasteiger partial charge in [-0.2, -0.15) is 8.42 Å². The molecule has 0 saturated heterocycles. The molecule has 0 aliphatic rings. The van der Waals surface area contributed by atoms with Gasteiger partial charge in [-0.25, -0.2) is 0 Å². The Morgan fingerprint density at radius 3 is 1.29 bits per heavy atom. The molecule has 0 rings (SSSR count). The van der Waals surface area contributed by atoms with Gasteiger partial charge >= 0.3 is 10.6 Å². The zero-order valence-electron chi connectivity index (χ0n) is 2.93. The summed E-state index contributed by atoms with van der Waals surface area (Å²) in [4.78, 5) is 6.81. The fourth-order valence-electron chi connectivity index (χ4n) is 0. The minimum Gasteiger partial charge on any atom is -0.433 e. The Bertz CT molecular complexity index is 96.1. The Kier molecular flexibility index (Phi) is 5.98. The van der Waals surface area contributed by atoms with Crippen LogP contribution < -0.4 is 0 Å². The fraction of sp³-hybridized carbons (Fsp3) is 0. The molecular formula is HF2O3SSi. The summed E-state index contributed by atoms with van der Waals surface area (Å²) >= 11 is 0. The first kappa shape index (κ1) is 10.1. The summed E-state index contributed by atoms with van der Waals surface area (Å²) in [5, 5.41) is 0. The third-order valence-corrected chi connectivity index (χ3v) is 0. The monoisotopic (exact) mass is 147 g/mol. The molecule has 0 saturated carbocycles. The summed E-state index contributed by atoms with van der Waals surface area (Å²) in [7, 11) is -3.69. The minimum atomic E-state index is -5.67. The van der Waals surface area contributed by atoms with E-state index in [0.717, 1.165) is 0 Å². The van der Waals surface area contributed by atoms with Crippen LogP contribution in [0.1, 0.15) is 0 Å². The number of rotatable bonds is 0. The Balaban J connectivity index is 0. The first-order chi connectivity index (χ1) is 3.00. The molecule has 0 spiro atoms. The second-order valence-corrected chi connectivity index (χ2v) is 1.14. The molecule has 0 amide bonds. The van der Waals surface area contributed by atoms with Crippen LogP contribution in [-0.2, 0) is 10.6 Å². The molecule has 0 unspecified atom stereocenters. The summed E-state index contributed by atoms with van der Waals surface area (Å²) in [5.41, 5.74) is 0. The van der Waals surface area contributed by atoms with Crippen molar-refractivity contribution in [1.29, 1.82) is 0 Å². The summed E-state index contributed by atoms with van der Waals surface area (Å²) in [5.74, 6) is 0. The van der Waals surface area contributed by atoms with Crippen LogP contribution in [0.25, 0.3) is 0 Å². The normalized spacial score (nSPS) is 9.14. The van der Waals surface area contributed by atoms with Crippen LogP contribution in [-0.4, -0.2) is 23.7 Å².